The molecule has 1 aromatic carbocycles. The van der Waals surface area contributed by atoms with E-state index in [1.54, 1.807) is 0 Å². The van der Waals surface area contributed by atoms with E-state index in [0.29, 0.717) is 12.0 Å². The van der Waals surface area contributed by atoms with Crippen LogP contribution in [0.1, 0.15) is 57.9 Å². The lowest BCUT2D eigenvalue weighted by Crippen LogP contribution is -2.55. The van der Waals surface area contributed by atoms with Gasteiger partial charge in [0.05, 0.1) is 12.0 Å². The Morgan fingerprint density at radius 1 is 1.16 bits per heavy atom. The van der Waals surface area contributed by atoms with Gasteiger partial charge in [0, 0.05) is 30.5 Å². The summed E-state index contributed by atoms with van der Waals surface area (Å²) in [5.41, 5.74) is 1.56. The average Bonchev–Trinajstić information content (AvgIpc) is 3.47. The fourth-order valence-corrected chi connectivity index (χ4v) is 7.90. The maximum Gasteiger partial charge on any atom is 0.311 e. The number of hydrogen-bond acceptors (Lipinski definition) is 5. The van der Waals surface area contributed by atoms with Crippen LogP contribution in [0.3, 0.4) is 0 Å². The predicted octanol–water partition coefficient (Wildman–Crippen LogP) is 3.77. The Kier molecular flexibility index (Phi) is 5.16. The Hall–Kier alpha value is -1.43. The van der Waals surface area contributed by atoms with Gasteiger partial charge in [0.2, 0.25) is 0 Å². The van der Waals surface area contributed by atoms with Crippen molar-refractivity contribution in [3.05, 3.63) is 35.9 Å². The van der Waals surface area contributed by atoms with Gasteiger partial charge in [-0.1, -0.05) is 50.6 Å². The molecule has 0 amide bonds. The first kappa shape index (κ1) is 21.1. The number of benzene rings is 1. The van der Waals surface area contributed by atoms with Crippen molar-refractivity contribution in [3.8, 4) is 0 Å². The Labute approximate surface area is 192 Å². The Morgan fingerprint density at radius 2 is 1.94 bits per heavy atom. The lowest BCUT2D eigenvalue weighted by Gasteiger charge is -2.48. The van der Waals surface area contributed by atoms with Crippen molar-refractivity contribution < 1.29 is 14.3 Å². The van der Waals surface area contributed by atoms with E-state index in [9.17, 15) is 4.79 Å². The monoisotopic (exact) mass is 438 g/mol. The topological polar surface area (TPSA) is 54.1 Å². The molecule has 5 heteroatoms. The second-order valence-corrected chi connectivity index (χ2v) is 11.5. The second kappa shape index (κ2) is 7.82. The lowest BCUT2D eigenvalue weighted by atomic mass is 9.53. The van der Waals surface area contributed by atoms with Gasteiger partial charge in [-0.05, 0) is 56.7 Å². The molecule has 2 saturated carbocycles. The van der Waals surface area contributed by atoms with Crippen LogP contribution in [0.25, 0.3) is 0 Å². The highest BCUT2D eigenvalue weighted by Gasteiger charge is 2.78. The van der Waals surface area contributed by atoms with Gasteiger partial charge in [0.25, 0.3) is 0 Å². The third-order valence-electron chi connectivity index (χ3n) is 9.66. The lowest BCUT2D eigenvalue weighted by molar-refractivity contribution is -0.146. The van der Waals surface area contributed by atoms with E-state index in [4.69, 9.17) is 9.47 Å². The molecule has 0 bridgehead atoms. The molecule has 32 heavy (non-hydrogen) atoms. The summed E-state index contributed by atoms with van der Waals surface area (Å²) in [6, 6.07) is 11.2. The normalized spacial score (nSPS) is 43.8. The summed E-state index contributed by atoms with van der Waals surface area (Å²) in [4.78, 5) is 15.4. The minimum Gasteiger partial charge on any atom is -0.462 e. The highest BCUT2D eigenvalue weighted by molar-refractivity contribution is 5.76. The molecule has 5 fully saturated rings. The summed E-state index contributed by atoms with van der Waals surface area (Å²) in [6.45, 7) is 8.75. The van der Waals surface area contributed by atoms with Gasteiger partial charge in [-0.2, -0.15) is 0 Å². The first-order valence-corrected chi connectivity index (χ1v) is 12.9. The predicted molar refractivity (Wildman–Crippen MR) is 123 cm³/mol. The summed E-state index contributed by atoms with van der Waals surface area (Å²) in [5, 5.41) is 3.76. The molecule has 3 aliphatic heterocycles. The molecule has 3 heterocycles. The van der Waals surface area contributed by atoms with Crippen molar-refractivity contribution in [3.63, 3.8) is 0 Å². The number of carbonyl (C=O) groups excluding carboxylic acids is 1. The molecule has 5 nitrogen and oxygen atoms in total. The quantitative estimate of drug-likeness (QED) is 0.560. The summed E-state index contributed by atoms with van der Waals surface area (Å²) < 4.78 is 12.6. The second-order valence-electron chi connectivity index (χ2n) is 11.5. The van der Waals surface area contributed by atoms with E-state index in [1.165, 1.54) is 24.8 Å². The zero-order valence-electron chi connectivity index (χ0n) is 19.6. The minimum atomic E-state index is -0.0506. The van der Waals surface area contributed by atoms with E-state index in [2.05, 4.69) is 54.4 Å². The molecule has 3 saturated heterocycles. The average molecular weight is 439 g/mol. The number of rotatable bonds is 5. The zero-order valence-corrected chi connectivity index (χ0v) is 19.6. The number of esters is 1. The van der Waals surface area contributed by atoms with Gasteiger partial charge >= 0.3 is 5.97 Å². The van der Waals surface area contributed by atoms with E-state index < -0.39 is 0 Å². The number of nitrogens with one attached hydrogen (secondary N) is 1. The number of epoxide rings is 1. The van der Waals surface area contributed by atoms with Crippen LogP contribution in [0.4, 0.5) is 0 Å². The first-order chi connectivity index (χ1) is 15.5. The summed E-state index contributed by atoms with van der Waals surface area (Å²) >= 11 is 0. The van der Waals surface area contributed by atoms with Crippen LogP contribution in [-0.4, -0.2) is 54.4 Å². The van der Waals surface area contributed by atoms with Crippen LogP contribution >= 0.6 is 0 Å². The maximum atomic E-state index is 12.9. The van der Waals surface area contributed by atoms with Crippen LogP contribution < -0.4 is 5.32 Å². The van der Waals surface area contributed by atoms with Gasteiger partial charge in [-0.3, -0.25) is 9.69 Å². The smallest absolute Gasteiger partial charge is 0.311 e. The molecule has 2 aliphatic carbocycles. The fourth-order valence-electron chi connectivity index (χ4n) is 7.90. The summed E-state index contributed by atoms with van der Waals surface area (Å²) in [7, 11) is 0. The zero-order chi connectivity index (χ0) is 21.9. The summed E-state index contributed by atoms with van der Waals surface area (Å²) in [5.74, 6) is 0.784. The molecule has 0 radical (unpaired) electrons. The Morgan fingerprint density at radius 3 is 2.72 bits per heavy atom. The molecular formula is C27H38N2O3. The number of hydrogen-bond donors (Lipinski definition) is 1. The number of ether oxygens (including phenoxy) is 2. The van der Waals surface area contributed by atoms with Crippen LogP contribution in [-0.2, 0) is 20.8 Å². The molecule has 174 valence electrons. The summed E-state index contributed by atoms with van der Waals surface area (Å²) in [6.07, 6.45) is 7.27. The van der Waals surface area contributed by atoms with Gasteiger partial charge in [0.15, 0.2) is 0 Å². The number of fused-ring (bicyclic) bond motifs is 2. The Balaban J connectivity index is 1.06. The minimum absolute atomic E-state index is 0.00141. The van der Waals surface area contributed by atoms with Crippen LogP contribution in [0.15, 0.2) is 30.3 Å². The van der Waals surface area contributed by atoms with Crippen molar-refractivity contribution >= 4 is 5.97 Å². The molecular weight excluding hydrogens is 400 g/mol. The van der Waals surface area contributed by atoms with Crippen LogP contribution in [0, 0.1) is 23.2 Å². The molecule has 7 atom stereocenters. The molecule has 0 unspecified atom stereocenters. The van der Waals surface area contributed by atoms with Crippen molar-refractivity contribution in [2.24, 2.45) is 23.2 Å². The molecule has 0 aromatic heterocycles. The number of piperidine rings is 1. The maximum absolute atomic E-state index is 12.9. The van der Waals surface area contributed by atoms with Crippen LogP contribution in [0.2, 0.25) is 0 Å². The van der Waals surface area contributed by atoms with Crippen molar-refractivity contribution in [1.29, 1.82) is 0 Å². The van der Waals surface area contributed by atoms with E-state index >= 15 is 0 Å². The van der Waals surface area contributed by atoms with E-state index in [-0.39, 0.29) is 41.0 Å². The highest BCUT2D eigenvalue weighted by atomic mass is 16.6. The molecule has 6 rings (SSSR count). The van der Waals surface area contributed by atoms with Gasteiger partial charge < -0.3 is 14.8 Å². The molecule has 1 aromatic rings. The van der Waals surface area contributed by atoms with Gasteiger partial charge in [0.1, 0.15) is 11.7 Å². The Bertz CT molecular complexity index is 854. The van der Waals surface area contributed by atoms with E-state index in [0.717, 1.165) is 45.4 Å². The van der Waals surface area contributed by atoms with Crippen molar-refractivity contribution in [1.82, 2.24) is 10.2 Å². The highest BCUT2D eigenvalue weighted by Crippen LogP contribution is 2.70. The van der Waals surface area contributed by atoms with Crippen molar-refractivity contribution in [2.45, 2.75) is 82.8 Å². The molecule has 1 spiro atoms. The third-order valence-corrected chi connectivity index (χ3v) is 9.66. The number of carbonyl (C=O) groups is 1. The third kappa shape index (κ3) is 3.26. The SMILES string of the molecule is C[C@H]1CCC[C@]2(C)C[C@H]3OC(=O)[C@H](CNC4CCN(Cc5ccccc5)CC4)[C@H]3[C@@H]3O[C@@]132. The standard InChI is InChI=1S/C27H38N2O3/c1-18-7-6-12-26(2)15-22-23(24-27(18,26)32-24)21(25(30)31-22)16-28-20-10-13-29(14-11-20)17-19-8-4-3-5-9-19/h3-5,8-9,18,20-24,28H,6-7,10-17H2,1-2H3/t18-,21+,22+,23+,24-,26+,27-/m0/s1. The molecule has 1 N–H and O–H groups in total. The number of nitrogens with zero attached hydrogens (tertiary/aromatic N) is 1. The first-order valence-electron chi connectivity index (χ1n) is 12.9. The van der Waals surface area contributed by atoms with Gasteiger partial charge in [-0.15, -0.1) is 0 Å². The van der Waals surface area contributed by atoms with Crippen molar-refractivity contribution in [2.75, 3.05) is 19.6 Å². The van der Waals surface area contributed by atoms with E-state index in [1.807, 2.05) is 0 Å². The van der Waals surface area contributed by atoms with Gasteiger partial charge in [-0.25, -0.2) is 0 Å². The number of likely N-dealkylation sites (tertiary alicyclic amines) is 1. The largest absolute Gasteiger partial charge is 0.462 e. The van der Waals surface area contributed by atoms with Crippen LogP contribution in [0.5, 0.6) is 0 Å². The fraction of sp³-hybridized carbons (Fsp3) is 0.741. The molecule has 5 aliphatic rings.